The summed E-state index contributed by atoms with van der Waals surface area (Å²) in [5.41, 5.74) is 4.97. The maximum Gasteiger partial charge on any atom is 0.230 e. The molecule has 2 fully saturated rings. The molecule has 2 N–H and O–H groups in total. The quantitative estimate of drug-likeness (QED) is 0.528. The van der Waals surface area contributed by atoms with Crippen LogP contribution in [0, 0.1) is 5.41 Å². The monoisotopic (exact) mass is 413 g/mol. The number of rotatable bonds is 4. The fourth-order valence-electron chi connectivity index (χ4n) is 4.89. The van der Waals surface area contributed by atoms with Crippen LogP contribution in [0.25, 0.3) is 16.6 Å². The summed E-state index contributed by atoms with van der Waals surface area (Å²) >= 11 is 0. The van der Waals surface area contributed by atoms with Crippen LogP contribution in [0.1, 0.15) is 31.9 Å². The standard InChI is InChI=1S/C24H27N7/c1-16(2)20-7-5-18-4-3-17-11-27-23(29-22(17)31(18)20)28-21-8-6-19(12-26-21)30-10-9-24(15-30)13-25-14-24/h3-8,11-12,16,25H,9-10,13-15H2,1-2H3,(H,26,27,28,29). The van der Waals surface area contributed by atoms with Crippen LogP contribution in [0.5, 0.6) is 0 Å². The van der Waals surface area contributed by atoms with Gasteiger partial charge in [0.05, 0.1) is 11.9 Å². The first-order valence-corrected chi connectivity index (χ1v) is 11.1. The minimum Gasteiger partial charge on any atom is -0.370 e. The summed E-state index contributed by atoms with van der Waals surface area (Å²) < 4.78 is 2.22. The van der Waals surface area contributed by atoms with Crippen LogP contribution in [0.3, 0.4) is 0 Å². The molecule has 2 aliphatic heterocycles. The van der Waals surface area contributed by atoms with Gasteiger partial charge in [-0.15, -0.1) is 0 Å². The fourth-order valence-corrected chi connectivity index (χ4v) is 4.89. The second kappa shape index (κ2) is 6.92. The predicted molar refractivity (Wildman–Crippen MR) is 124 cm³/mol. The average molecular weight is 414 g/mol. The second-order valence-corrected chi connectivity index (χ2v) is 9.28. The van der Waals surface area contributed by atoms with E-state index in [4.69, 9.17) is 4.98 Å². The van der Waals surface area contributed by atoms with Crippen LogP contribution in [-0.2, 0) is 0 Å². The van der Waals surface area contributed by atoms with Crippen LogP contribution in [0.15, 0.2) is 48.8 Å². The summed E-state index contributed by atoms with van der Waals surface area (Å²) in [5.74, 6) is 1.73. The lowest BCUT2D eigenvalue weighted by Crippen LogP contribution is -2.54. The molecule has 0 aromatic carbocycles. The maximum atomic E-state index is 4.83. The highest BCUT2D eigenvalue weighted by molar-refractivity contribution is 5.80. The first kappa shape index (κ1) is 18.6. The van der Waals surface area contributed by atoms with Crippen LogP contribution in [0.4, 0.5) is 17.5 Å². The number of aromatic nitrogens is 4. The molecule has 4 aromatic heterocycles. The Morgan fingerprint density at radius 3 is 2.61 bits per heavy atom. The Labute approximate surface area is 181 Å². The van der Waals surface area contributed by atoms with Crippen LogP contribution < -0.4 is 15.5 Å². The van der Waals surface area contributed by atoms with Gasteiger partial charge in [0.1, 0.15) is 11.5 Å². The summed E-state index contributed by atoms with van der Waals surface area (Å²) in [5, 5.41) is 7.72. The molecule has 0 bridgehead atoms. The third kappa shape index (κ3) is 3.11. The van der Waals surface area contributed by atoms with Crippen molar-refractivity contribution >= 4 is 34.0 Å². The molecule has 6 heterocycles. The van der Waals surface area contributed by atoms with Gasteiger partial charge in [-0.2, -0.15) is 4.98 Å². The van der Waals surface area contributed by atoms with Gasteiger partial charge in [0.15, 0.2) is 0 Å². The van der Waals surface area contributed by atoms with E-state index in [1.807, 2.05) is 18.5 Å². The van der Waals surface area contributed by atoms with E-state index in [2.05, 4.69) is 74.1 Å². The fraction of sp³-hybridized carbons (Fsp3) is 0.375. The molecule has 4 aromatic rings. The summed E-state index contributed by atoms with van der Waals surface area (Å²) in [4.78, 5) is 16.4. The van der Waals surface area contributed by atoms with Gasteiger partial charge in [0.25, 0.3) is 0 Å². The highest BCUT2D eigenvalue weighted by Gasteiger charge is 2.42. The molecule has 31 heavy (non-hydrogen) atoms. The van der Waals surface area contributed by atoms with Crippen molar-refractivity contribution in [3.05, 3.63) is 54.5 Å². The van der Waals surface area contributed by atoms with E-state index in [-0.39, 0.29) is 0 Å². The van der Waals surface area contributed by atoms with E-state index in [0.717, 1.165) is 48.5 Å². The lowest BCUT2D eigenvalue weighted by atomic mass is 9.81. The summed E-state index contributed by atoms with van der Waals surface area (Å²) in [7, 11) is 0. The van der Waals surface area contributed by atoms with Crippen molar-refractivity contribution in [2.24, 2.45) is 5.41 Å². The van der Waals surface area contributed by atoms with Gasteiger partial charge in [-0.25, -0.2) is 9.97 Å². The zero-order valence-electron chi connectivity index (χ0n) is 18.0. The molecular formula is C24H27N7. The van der Waals surface area contributed by atoms with Crippen LogP contribution in [0.2, 0.25) is 0 Å². The highest BCUT2D eigenvalue weighted by atomic mass is 15.2. The topological polar surface area (TPSA) is 70.4 Å². The molecule has 0 amide bonds. The van der Waals surface area contributed by atoms with Gasteiger partial charge in [-0.1, -0.05) is 13.8 Å². The molecule has 6 rings (SSSR count). The van der Waals surface area contributed by atoms with E-state index in [1.165, 1.54) is 17.8 Å². The van der Waals surface area contributed by atoms with E-state index in [1.54, 1.807) is 0 Å². The Bertz CT molecular complexity index is 1250. The molecule has 0 aliphatic carbocycles. The Kier molecular flexibility index (Phi) is 4.14. The van der Waals surface area contributed by atoms with Gasteiger partial charge in [0.2, 0.25) is 5.95 Å². The summed E-state index contributed by atoms with van der Waals surface area (Å²) in [6.45, 7) is 8.92. The van der Waals surface area contributed by atoms with Crippen molar-refractivity contribution in [3.8, 4) is 0 Å². The molecule has 0 unspecified atom stereocenters. The molecular weight excluding hydrogens is 386 g/mol. The molecule has 7 heteroatoms. The van der Waals surface area contributed by atoms with Crippen LogP contribution in [-0.4, -0.2) is 45.5 Å². The largest absolute Gasteiger partial charge is 0.370 e. The smallest absolute Gasteiger partial charge is 0.230 e. The molecule has 2 saturated heterocycles. The molecule has 0 radical (unpaired) electrons. The number of nitrogens with one attached hydrogen (secondary N) is 2. The molecule has 0 saturated carbocycles. The first-order chi connectivity index (χ1) is 15.1. The van der Waals surface area contributed by atoms with E-state index < -0.39 is 0 Å². The Morgan fingerprint density at radius 2 is 1.90 bits per heavy atom. The number of hydrogen-bond acceptors (Lipinski definition) is 6. The SMILES string of the molecule is CC(C)c1ccc2ccc3cnc(Nc4ccc(N5CCC6(CNC6)C5)cn4)nc3n12. The van der Waals surface area contributed by atoms with Crippen LogP contribution >= 0.6 is 0 Å². The van der Waals surface area contributed by atoms with E-state index in [9.17, 15) is 0 Å². The number of pyridine rings is 2. The van der Waals surface area contributed by atoms with Gasteiger partial charge >= 0.3 is 0 Å². The number of fused-ring (bicyclic) bond motifs is 3. The van der Waals surface area contributed by atoms with E-state index >= 15 is 0 Å². The van der Waals surface area contributed by atoms with Gasteiger partial charge in [-0.05, 0) is 48.7 Å². The molecule has 0 atom stereocenters. The highest BCUT2D eigenvalue weighted by Crippen LogP contribution is 2.36. The third-order valence-electron chi connectivity index (χ3n) is 6.77. The van der Waals surface area contributed by atoms with Gasteiger partial charge in [-0.3, -0.25) is 4.40 Å². The summed E-state index contributed by atoms with van der Waals surface area (Å²) in [6.07, 6.45) is 5.09. The lowest BCUT2D eigenvalue weighted by Gasteiger charge is -2.39. The van der Waals surface area contributed by atoms with Crippen molar-refractivity contribution in [2.45, 2.75) is 26.2 Å². The van der Waals surface area contributed by atoms with Gasteiger partial charge in [0, 0.05) is 54.4 Å². The third-order valence-corrected chi connectivity index (χ3v) is 6.77. The van der Waals surface area contributed by atoms with Crippen molar-refractivity contribution in [2.75, 3.05) is 36.4 Å². The number of nitrogens with zero attached hydrogens (tertiary/aromatic N) is 5. The van der Waals surface area contributed by atoms with Gasteiger partial charge < -0.3 is 15.5 Å². The predicted octanol–water partition coefficient (Wildman–Crippen LogP) is 3.94. The Hall–Kier alpha value is -3.19. The van der Waals surface area contributed by atoms with Crippen molar-refractivity contribution < 1.29 is 0 Å². The van der Waals surface area contributed by atoms with Crippen molar-refractivity contribution in [3.63, 3.8) is 0 Å². The molecule has 158 valence electrons. The Balaban J connectivity index is 1.27. The normalized spacial score (nSPS) is 17.7. The maximum absolute atomic E-state index is 4.83. The Morgan fingerprint density at radius 1 is 1.03 bits per heavy atom. The second-order valence-electron chi connectivity index (χ2n) is 9.28. The minimum absolute atomic E-state index is 0.411. The molecule has 1 spiro atoms. The first-order valence-electron chi connectivity index (χ1n) is 11.1. The van der Waals surface area contributed by atoms with E-state index in [0.29, 0.717) is 17.3 Å². The zero-order chi connectivity index (χ0) is 21.0. The van der Waals surface area contributed by atoms with Crippen molar-refractivity contribution in [1.82, 2.24) is 24.7 Å². The van der Waals surface area contributed by atoms with Crippen molar-refractivity contribution in [1.29, 1.82) is 0 Å². The summed E-state index contributed by atoms with van der Waals surface area (Å²) in [6, 6.07) is 12.7. The molecule has 7 nitrogen and oxygen atoms in total. The zero-order valence-corrected chi connectivity index (χ0v) is 18.0. The minimum atomic E-state index is 0.411. The number of hydrogen-bond donors (Lipinski definition) is 2. The number of anilines is 3. The molecule has 2 aliphatic rings. The average Bonchev–Trinajstić information content (AvgIpc) is 3.39. The lowest BCUT2D eigenvalue weighted by molar-refractivity contribution is 0.200.